The van der Waals surface area contributed by atoms with E-state index in [1.54, 1.807) is 0 Å². The van der Waals surface area contributed by atoms with Crippen LogP contribution in [-0.2, 0) is 0 Å². The summed E-state index contributed by atoms with van der Waals surface area (Å²) in [4.78, 5) is 0. The van der Waals surface area contributed by atoms with Crippen molar-refractivity contribution in [3.63, 3.8) is 0 Å². The third kappa shape index (κ3) is 3.67. The maximum absolute atomic E-state index is 13.1. The van der Waals surface area contributed by atoms with Gasteiger partial charge in [-0.15, -0.1) is 0 Å². The van der Waals surface area contributed by atoms with Crippen molar-refractivity contribution in [1.82, 2.24) is 5.01 Å². The fourth-order valence-corrected chi connectivity index (χ4v) is 1.16. The summed E-state index contributed by atoms with van der Waals surface area (Å²) in [6.07, 6.45) is -12.0. The molecule has 0 spiro atoms. The Kier molecular flexibility index (Phi) is 4.79. The van der Waals surface area contributed by atoms with Crippen molar-refractivity contribution in [2.75, 3.05) is 7.05 Å². The normalized spacial score (nSPS) is 17.1. The molecule has 0 saturated carbocycles. The van der Waals surface area contributed by atoms with Crippen molar-refractivity contribution < 1.29 is 39.5 Å². The average molecular weight is 304 g/mol. The molecule has 11 heteroatoms. The molecule has 1 atom stereocenters. The first kappa shape index (κ1) is 17.9. The molecule has 0 bridgehead atoms. The van der Waals surface area contributed by atoms with Crippen molar-refractivity contribution >= 4 is 0 Å². The fourth-order valence-electron chi connectivity index (χ4n) is 1.16. The minimum Gasteiger partial charge on any atom is -0.290 e. The highest BCUT2D eigenvalue weighted by Crippen LogP contribution is 2.48. The number of hydrazine groups is 1. The lowest BCUT2D eigenvalue weighted by Crippen LogP contribution is -2.46. The number of allylic oxidation sites excluding steroid dienone is 1. The van der Waals surface area contributed by atoms with E-state index in [9.17, 15) is 39.5 Å². The zero-order valence-corrected chi connectivity index (χ0v) is 9.50. The Balaban J connectivity index is 5.90. The van der Waals surface area contributed by atoms with Gasteiger partial charge in [-0.1, -0.05) is 6.92 Å². The molecule has 0 aromatic heterocycles. The van der Waals surface area contributed by atoms with Crippen molar-refractivity contribution in [1.29, 1.82) is 0 Å². The molecule has 0 radical (unpaired) electrons. The van der Waals surface area contributed by atoms with Gasteiger partial charge in [0.2, 0.25) is 5.95 Å². The van der Waals surface area contributed by atoms with Crippen LogP contribution in [0.15, 0.2) is 11.5 Å². The van der Waals surface area contributed by atoms with Gasteiger partial charge < -0.3 is 0 Å². The van der Waals surface area contributed by atoms with E-state index in [0.717, 1.165) is 0 Å². The summed E-state index contributed by atoms with van der Waals surface area (Å²) in [7, 11) is 0.527. The van der Waals surface area contributed by atoms with Crippen molar-refractivity contribution in [2.45, 2.75) is 25.2 Å². The van der Waals surface area contributed by atoms with Crippen LogP contribution in [0.5, 0.6) is 0 Å². The van der Waals surface area contributed by atoms with Crippen LogP contribution in [0.3, 0.4) is 0 Å². The standard InChI is InChI=1S/C8H9F9N2/c1-3(6(10,11)8(15,16)17)4(7(12,13)14)5(9)19(2)18/h3H,18H2,1-2H3/b5-4+. The second-order valence-corrected chi connectivity index (χ2v) is 3.66. The molecule has 0 heterocycles. The Labute approximate surface area is 101 Å². The Morgan fingerprint density at radius 1 is 1.00 bits per heavy atom. The summed E-state index contributed by atoms with van der Waals surface area (Å²) in [6.45, 7) is -0.0839. The predicted molar refractivity (Wildman–Crippen MR) is 46.3 cm³/mol. The third-order valence-corrected chi connectivity index (χ3v) is 2.19. The molecule has 114 valence electrons. The quantitative estimate of drug-likeness (QED) is 0.375. The van der Waals surface area contributed by atoms with Gasteiger partial charge in [0.1, 0.15) is 0 Å². The molecule has 0 aliphatic rings. The SMILES string of the molecule is CC(/C(=C(/F)N(C)N)C(F)(F)F)C(F)(F)C(F)(F)F. The molecular weight excluding hydrogens is 295 g/mol. The van der Waals surface area contributed by atoms with Crippen LogP contribution in [0, 0.1) is 5.92 Å². The van der Waals surface area contributed by atoms with Crippen LogP contribution in [-0.4, -0.2) is 30.3 Å². The summed E-state index contributed by atoms with van der Waals surface area (Å²) in [5.74, 6) is -7.06. The molecule has 0 saturated heterocycles. The molecule has 1 unspecified atom stereocenters. The highest BCUT2D eigenvalue weighted by Gasteiger charge is 2.64. The van der Waals surface area contributed by atoms with Crippen molar-refractivity contribution in [3.05, 3.63) is 11.5 Å². The first-order valence-corrected chi connectivity index (χ1v) is 4.53. The van der Waals surface area contributed by atoms with E-state index >= 15 is 0 Å². The molecule has 0 aromatic rings. The van der Waals surface area contributed by atoms with E-state index in [1.165, 1.54) is 0 Å². The van der Waals surface area contributed by atoms with Gasteiger partial charge in [0, 0.05) is 7.05 Å². The molecule has 0 rings (SSSR count). The zero-order chi connectivity index (χ0) is 15.8. The van der Waals surface area contributed by atoms with Crippen molar-refractivity contribution in [3.8, 4) is 0 Å². The van der Waals surface area contributed by atoms with Gasteiger partial charge in [-0.05, 0) is 0 Å². The van der Waals surface area contributed by atoms with E-state index in [-0.39, 0.29) is 11.9 Å². The van der Waals surface area contributed by atoms with Crippen LogP contribution in [0.1, 0.15) is 6.92 Å². The molecule has 2 nitrogen and oxygen atoms in total. The number of nitrogens with two attached hydrogens (primary N) is 1. The largest absolute Gasteiger partial charge is 0.453 e. The van der Waals surface area contributed by atoms with Crippen LogP contribution in [0.2, 0.25) is 0 Å². The number of rotatable bonds is 3. The minimum absolute atomic E-state index is 0.0839. The Morgan fingerprint density at radius 3 is 1.58 bits per heavy atom. The molecule has 0 fully saturated rings. The maximum Gasteiger partial charge on any atom is 0.453 e. The lowest BCUT2D eigenvalue weighted by atomic mass is 9.93. The first-order chi connectivity index (χ1) is 8.14. The van der Waals surface area contributed by atoms with Crippen molar-refractivity contribution in [2.24, 2.45) is 11.8 Å². The van der Waals surface area contributed by atoms with Crippen LogP contribution >= 0.6 is 0 Å². The number of hydrogen-bond donors (Lipinski definition) is 1. The summed E-state index contributed by atoms with van der Waals surface area (Å²) >= 11 is 0. The zero-order valence-electron chi connectivity index (χ0n) is 9.50. The lowest BCUT2D eigenvalue weighted by Gasteiger charge is -2.29. The predicted octanol–water partition coefficient (Wildman–Crippen LogP) is 3.37. The fraction of sp³-hybridized carbons (Fsp3) is 0.750. The monoisotopic (exact) mass is 304 g/mol. The topological polar surface area (TPSA) is 29.3 Å². The Hall–Kier alpha value is -1.13. The van der Waals surface area contributed by atoms with Gasteiger partial charge in [0.05, 0.1) is 11.5 Å². The molecule has 0 aliphatic carbocycles. The summed E-state index contributed by atoms with van der Waals surface area (Å²) in [5, 5.41) is -0.328. The summed E-state index contributed by atoms with van der Waals surface area (Å²) in [6, 6.07) is 0. The average Bonchev–Trinajstić information content (AvgIpc) is 2.13. The summed E-state index contributed by atoms with van der Waals surface area (Å²) < 4.78 is 112. The molecular formula is C8H9F9N2. The second kappa shape index (κ2) is 5.10. The number of nitrogens with zero attached hydrogens (tertiary/aromatic N) is 1. The van der Waals surface area contributed by atoms with Crippen LogP contribution in [0.25, 0.3) is 0 Å². The van der Waals surface area contributed by atoms with Gasteiger partial charge in [-0.25, -0.2) is 5.84 Å². The maximum atomic E-state index is 13.1. The van der Waals surface area contributed by atoms with E-state index in [4.69, 9.17) is 0 Å². The Bertz CT molecular complexity index is 352. The first-order valence-electron chi connectivity index (χ1n) is 4.53. The van der Waals surface area contributed by atoms with Gasteiger partial charge in [-0.3, -0.25) is 5.01 Å². The van der Waals surface area contributed by atoms with Gasteiger partial charge >= 0.3 is 18.3 Å². The van der Waals surface area contributed by atoms with E-state index < -0.39 is 35.7 Å². The highest BCUT2D eigenvalue weighted by molar-refractivity contribution is 5.19. The minimum atomic E-state index is -6.25. The smallest absolute Gasteiger partial charge is 0.290 e. The molecule has 2 N–H and O–H groups in total. The van der Waals surface area contributed by atoms with E-state index in [2.05, 4.69) is 5.84 Å². The van der Waals surface area contributed by atoms with Gasteiger partial charge in [0.25, 0.3) is 0 Å². The number of halogens is 9. The highest BCUT2D eigenvalue weighted by atomic mass is 19.4. The Morgan fingerprint density at radius 2 is 1.37 bits per heavy atom. The van der Waals surface area contributed by atoms with Crippen LogP contribution < -0.4 is 5.84 Å². The third-order valence-electron chi connectivity index (χ3n) is 2.19. The molecule has 0 amide bonds. The molecule has 0 aromatic carbocycles. The number of hydrogen-bond acceptors (Lipinski definition) is 2. The molecule has 19 heavy (non-hydrogen) atoms. The van der Waals surface area contributed by atoms with Gasteiger partial charge in [-0.2, -0.15) is 39.5 Å². The van der Waals surface area contributed by atoms with E-state index in [1.807, 2.05) is 0 Å². The molecule has 0 aliphatic heterocycles. The second-order valence-electron chi connectivity index (χ2n) is 3.66. The van der Waals surface area contributed by atoms with Crippen LogP contribution in [0.4, 0.5) is 39.5 Å². The summed E-state index contributed by atoms with van der Waals surface area (Å²) in [5.41, 5.74) is -2.68. The van der Waals surface area contributed by atoms with E-state index in [0.29, 0.717) is 7.05 Å². The number of alkyl halides is 8. The lowest BCUT2D eigenvalue weighted by molar-refractivity contribution is -0.300. The van der Waals surface area contributed by atoms with Gasteiger partial charge in [0.15, 0.2) is 0 Å².